The van der Waals surface area contributed by atoms with Crippen LogP contribution in [0.25, 0.3) is 11.3 Å². The molecule has 0 amide bonds. The summed E-state index contributed by atoms with van der Waals surface area (Å²) < 4.78 is 1.53. The molecule has 0 saturated heterocycles. The Morgan fingerprint density at radius 1 is 1.18 bits per heavy atom. The summed E-state index contributed by atoms with van der Waals surface area (Å²) in [6, 6.07) is 9.87. The second kappa shape index (κ2) is 6.88. The number of rotatable bonds is 5. The predicted octanol–water partition coefficient (Wildman–Crippen LogP) is 3.46. The topological polar surface area (TPSA) is 60.9 Å². The van der Waals surface area contributed by atoms with E-state index in [-0.39, 0.29) is 11.6 Å². The Bertz CT molecular complexity index is 684. The van der Waals surface area contributed by atoms with Gasteiger partial charge in [0.25, 0.3) is 5.56 Å². The number of hydrogen-bond donors (Lipinski definition) is 1. The molecule has 2 aromatic rings. The summed E-state index contributed by atoms with van der Waals surface area (Å²) in [5.41, 5.74) is 9.58. The molecular weight excluding hydrogens is 274 g/mol. The fraction of sp³-hybridized carbons (Fsp3) is 0.444. The van der Waals surface area contributed by atoms with Gasteiger partial charge in [0.15, 0.2) is 0 Å². The van der Waals surface area contributed by atoms with Gasteiger partial charge in [-0.1, -0.05) is 45.0 Å². The van der Waals surface area contributed by atoms with Gasteiger partial charge in [0.1, 0.15) is 0 Å². The first kappa shape index (κ1) is 16.4. The largest absolute Gasteiger partial charge is 0.324 e. The van der Waals surface area contributed by atoms with Gasteiger partial charge in [-0.3, -0.25) is 4.79 Å². The van der Waals surface area contributed by atoms with Crippen LogP contribution < -0.4 is 11.3 Å². The van der Waals surface area contributed by atoms with Gasteiger partial charge >= 0.3 is 0 Å². The van der Waals surface area contributed by atoms with E-state index in [2.05, 4.69) is 43.2 Å². The summed E-state index contributed by atoms with van der Waals surface area (Å²) in [4.78, 5) is 12.3. The molecule has 0 bridgehead atoms. The Balaban J connectivity index is 2.52. The lowest BCUT2D eigenvalue weighted by Crippen LogP contribution is -2.29. The van der Waals surface area contributed by atoms with Gasteiger partial charge < -0.3 is 5.73 Å². The van der Waals surface area contributed by atoms with Crippen molar-refractivity contribution in [1.29, 1.82) is 0 Å². The lowest BCUT2D eigenvalue weighted by atomic mass is 10.00. The Hall–Kier alpha value is -1.94. The van der Waals surface area contributed by atoms with E-state index in [1.54, 1.807) is 0 Å². The minimum Gasteiger partial charge on any atom is -0.324 e. The van der Waals surface area contributed by atoms with Crippen molar-refractivity contribution in [3.63, 3.8) is 0 Å². The standard InChI is InChI=1S/C18H25N3O/c1-5-10-21-18(22)16(13(4)19)11-17(20-21)15-8-6-14(7-9-15)12(2)3/h6-9,11-13H,5,10,19H2,1-4H3. The summed E-state index contributed by atoms with van der Waals surface area (Å²) in [5, 5.41) is 4.50. The molecule has 1 aromatic heterocycles. The highest BCUT2D eigenvalue weighted by Gasteiger charge is 2.13. The molecule has 1 aromatic carbocycles. The number of benzene rings is 1. The second-order valence-corrected chi connectivity index (χ2v) is 6.08. The molecule has 4 nitrogen and oxygen atoms in total. The Kier molecular flexibility index (Phi) is 5.14. The summed E-state index contributed by atoms with van der Waals surface area (Å²) in [6.45, 7) is 8.81. The quantitative estimate of drug-likeness (QED) is 0.919. The molecule has 1 atom stereocenters. The minimum absolute atomic E-state index is 0.0839. The molecule has 118 valence electrons. The van der Waals surface area contributed by atoms with Crippen LogP contribution in [-0.2, 0) is 6.54 Å². The van der Waals surface area contributed by atoms with Crippen molar-refractivity contribution < 1.29 is 0 Å². The van der Waals surface area contributed by atoms with Gasteiger partial charge in [-0.05, 0) is 30.9 Å². The van der Waals surface area contributed by atoms with E-state index in [4.69, 9.17) is 5.73 Å². The number of nitrogens with two attached hydrogens (primary N) is 1. The van der Waals surface area contributed by atoms with Crippen LogP contribution in [0.2, 0.25) is 0 Å². The molecule has 0 saturated carbocycles. The average Bonchev–Trinajstić information content (AvgIpc) is 2.49. The highest BCUT2D eigenvalue weighted by atomic mass is 16.1. The molecule has 1 heterocycles. The van der Waals surface area contributed by atoms with Gasteiger partial charge in [0.2, 0.25) is 0 Å². The molecule has 2 N–H and O–H groups in total. The van der Waals surface area contributed by atoms with Crippen LogP contribution in [0, 0.1) is 0 Å². The van der Waals surface area contributed by atoms with E-state index < -0.39 is 0 Å². The van der Waals surface area contributed by atoms with E-state index in [0.29, 0.717) is 18.0 Å². The van der Waals surface area contributed by atoms with Crippen molar-refractivity contribution in [2.75, 3.05) is 0 Å². The molecule has 2 rings (SSSR count). The van der Waals surface area contributed by atoms with Crippen LogP contribution >= 0.6 is 0 Å². The molecule has 0 aliphatic heterocycles. The number of nitrogens with zero attached hydrogens (tertiary/aromatic N) is 2. The lowest BCUT2D eigenvalue weighted by Gasteiger charge is -2.13. The van der Waals surface area contributed by atoms with Crippen molar-refractivity contribution in [1.82, 2.24) is 9.78 Å². The Morgan fingerprint density at radius 2 is 1.82 bits per heavy atom. The summed E-state index contributed by atoms with van der Waals surface area (Å²) in [5.74, 6) is 0.496. The summed E-state index contributed by atoms with van der Waals surface area (Å²) >= 11 is 0. The zero-order valence-electron chi connectivity index (χ0n) is 13.8. The number of aryl methyl sites for hydroxylation is 1. The van der Waals surface area contributed by atoms with Crippen molar-refractivity contribution >= 4 is 0 Å². The van der Waals surface area contributed by atoms with Crippen LogP contribution in [0.3, 0.4) is 0 Å². The maximum Gasteiger partial charge on any atom is 0.271 e. The molecule has 22 heavy (non-hydrogen) atoms. The zero-order chi connectivity index (χ0) is 16.3. The molecule has 0 radical (unpaired) electrons. The molecule has 0 aliphatic carbocycles. The van der Waals surface area contributed by atoms with Crippen LogP contribution in [0.1, 0.15) is 57.2 Å². The molecule has 0 spiro atoms. The van der Waals surface area contributed by atoms with Crippen LogP contribution in [0.5, 0.6) is 0 Å². The van der Waals surface area contributed by atoms with E-state index in [1.807, 2.05) is 19.9 Å². The third-order valence-electron chi connectivity index (χ3n) is 3.80. The Morgan fingerprint density at radius 3 is 2.32 bits per heavy atom. The average molecular weight is 299 g/mol. The van der Waals surface area contributed by atoms with E-state index in [1.165, 1.54) is 10.2 Å². The molecule has 4 heteroatoms. The van der Waals surface area contributed by atoms with E-state index in [9.17, 15) is 4.79 Å². The molecule has 0 fully saturated rings. The van der Waals surface area contributed by atoms with Gasteiger partial charge in [-0.25, -0.2) is 4.68 Å². The first-order chi connectivity index (χ1) is 10.4. The van der Waals surface area contributed by atoms with Crippen molar-refractivity contribution in [2.24, 2.45) is 5.73 Å². The van der Waals surface area contributed by atoms with E-state index >= 15 is 0 Å². The maximum atomic E-state index is 12.3. The monoisotopic (exact) mass is 299 g/mol. The predicted molar refractivity (Wildman–Crippen MR) is 90.9 cm³/mol. The fourth-order valence-electron chi connectivity index (χ4n) is 2.43. The minimum atomic E-state index is -0.299. The smallest absolute Gasteiger partial charge is 0.271 e. The highest BCUT2D eigenvalue weighted by molar-refractivity contribution is 5.59. The van der Waals surface area contributed by atoms with Crippen molar-refractivity contribution in [2.45, 2.75) is 52.6 Å². The van der Waals surface area contributed by atoms with Crippen LogP contribution in [0.4, 0.5) is 0 Å². The maximum absolute atomic E-state index is 12.3. The van der Waals surface area contributed by atoms with E-state index in [0.717, 1.165) is 17.7 Å². The summed E-state index contributed by atoms with van der Waals surface area (Å²) in [6.07, 6.45) is 0.862. The highest BCUT2D eigenvalue weighted by Crippen LogP contribution is 2.22. The van der Waals surface area contributed by atoms with Crippen LogP contribution in [0.15, 0.2) is 35.1 Å². The zero-order valence-corrected chi connectivity index (χ0v) is 13.8. The van der Waals surface area contributed by atoms with Crippen molar-refractivity contribution in [3.8, 4) is 11.3 Å². The first-order valence-electron chi connectivity index (χ1n) is 7.92. The molecular formula is C18H25N3O. The normalized spacial score (nSPS) is 12.6. The fourth-order valence-corrected chi connectivity index (χ4v) is 2.43. The van der Waals surface area contributed by atoms with Gasteiger partial charge in [0, 0.05) is 23.7 Å². The van der Waals surface area contributed by atoms with Crippen LogP contribution in [-0.4, -0.2) is 9.78 Å². The molecule has 1 unspecified atom stereocenters. The van der Waals surface area contributed by atoms with Gasteiger partial charge in [-0.2, -0.15) is 5.10 Å². The number of hydrogen-bond acceptors (Lipinski definition) is 3. The lowest BCUT2D eigenvalue weighted by molar-refractivity contribution is 0.559. The number of aromatic nitrogens is 2. The Labute approximate surface area is 132 Å². The van der Waals surface area contributed by atoms with Crippen molar-refractivity contribution in [3.05, 3.63) is 51.8 Å². The van der Waals surface area contributed by atoms with Gasteiger partial charge in [-0.15, -0.1) is 0 Å². The first-order valence-corrected chi connectivity index (χ1v) is 7.92. The van der Waals surface area contributed by atoms with Gasteiger partial charge in [0.05, 0.1) is 5.69 Å². The second-order valence-electron chi connectivity index (χ2n) is 6.08. The third-order valence-corrected chi connectivity index (χ3v) is 3.80. The molecule has 0 aliphatic rings. The summed E-state index contributed by atoms with van der Waals surface area (Å²) in [7, 11) is 0. The SMILES string of the molecule is CCCn1nc(-c2ccc(C(C)C)cc2)cc(C(C)N)c1=O. The third kappa shape index (κ3) is 3.45.